The van der Waals surface area contributed by atoms with Crippen molar-refractivity contribution in [2.24, 2.45) is 5.11 Å². The van der Waals surface area contributed by atoms with Crippen LogP contribution in [0, 0.1) is 0 Å². The molecule has 2 aliphatic heterocycles. The lowest BCUT2D eigenvalue weighted by atomic mass is 9.81. The molecule has 9 nitrogen and oxygen atoms in total. The first kappa shape index (κ1) is 35.3. The van der Waals surface area contributed by atoms with Gasteiger partial charge in [0.25, 0.3) is 0 Å². The minimum absolute atomic E-state index is 0. The van der Waals surface area contributed by atoms with Gasteiger partial charge in [-0.25, -0.2) is 0 Å². The van der Waals surface area contributed by atoms with Crippen LogP contribution in [0.25, 0.3) is 10.4 Å². The van der Waals surface area contributed by atoms with E-state index >= 15 is 0 Å². The SMILES string of the molecule is CC1(C)C(/C=C/C=C2/N(CCOCCOCCOCCN=[N+]=[N-])c3ccccc3C2(C)C)=[N+](CCCO)c2ccccc21.[Cl-]. The van der Waals surface area contributed by atoms with Gasteiger partial charge in [-0.3, -0.25) is 0 Å². The Bertz CT molecular complexity index is 1380. The number of aliphatic hydroxyl groups is 1. The van der Waals surface area contributed by atoms with Gasteiger partial charge in [0.1, 0.15) is 0 Å². The highest BCUT2D eigenvalue weighted by Gasteiger charge is 2.44. The number of rotatable bonds is 17. The van der Waals surface area contributed by atoms with Crippen LogP contribution < -0.4 is 17.3 Å². The minimum Gasteiger partial charge on any atom is -1.00 e. The molecule has 44 heavy (non-hydrogen) atoms. The van der Waals surface area contributed by atoms with E-state index in [2.05, 4.69) is 114 Å². The van der Waals surface area contributed by atoms with Crippen LogP contribution in [0.5, 0.6) is 0 Å². The molecular formula is C34H46ClN5O4. The van der Waals surface area contributed by atoms with E-state index in [-0.39, 0.29) is 29.8 Å². The molecule has 0 aliphatic carbocycles. The standard InChI is InChI=1S/C34H46N5O4.ClH/c1-33(2)27-11-5-7-13-29(27)38(18-10-20-40)31(33)15-9-16-32-34(3,4)28-12-6-8-14-30(28)39(32)19-22-42-24-26-43-25-23-41-21-17-36-37-35;/h5-9,11-16,40H,10,17-26H2,1-4H3;1H/q+1;/p-1. The van der Waals surface area contributed by atoms with Crippen LogP contribution in [0.2, 0.25) is 0 Å². The van der Waals surface area contributed by atoms with Gasteiger partial charge in [-0.15, -0.1) is 0 Å². The van der Waals surface area contributed by atoms with Crippen molar-refractivity contribution in [2.45, 2.75) is 44.9 Å². The highest BCUT2D eigenvalue weighted by atomic mass is 35.5. The Balaban J connectivity index is 0.00000529. The van der Waals surface area contributed by atoms with E-state index in [4.69, 9.17) is 19.7 Å². The summed E-state index contributed by atoms with van der Waals surface area (Å²) in [4.78, 5) is 5.07. The number of aliphatic hydroxyl groups excluding tert-OH is 1. The normalized spacial score (nSPS) is 17.1. The van der Waals surface area contributed by atoms with E-state index in [0.29, 0.717) is 46.2 Å². The van der Waals surface area contributed by atoms with E-state index in [1.165, 1.54) is 33.9 Å². The van der Waals surface area contributed by atoms with Crippen molar-refractivity contribution in [3.8, 4) is 0 Å². The second-order valence-corrected chi connectivity index (χ2v) is 11.8. The van der Waals surface area contributed by atoms with Crippen molar-refractivity contribution < 1.29 is 36.3 Å². The fraction of sp³-hybridized carbons (Fsp3) is 0.500. The van der Waals surface area contributed by atoms with Gasteiger partial charge in [0.2, 0.25) is 5.69 Å². The zero-order valence-corrected chi connectivity index (χ0v) is 27.2. The fourth-order valence-electron chi connectivity index (χ4n) is 6.07. The number of fused-ring (bicyclic) bond motifs is 2. The zero-order chi connectivity index (χ0) is 30.7. The van der Waals surface area contributed by atoms with E-state index in [0.717, 1.165) is 19.5 Å². The molecule has 4 rings (SSSR count). The van der Waals surface area contributed by atoms with Crippen molar-refractivity contribution in [1.29, 1.82) is 0 Å². The zero-order valence-electron chi connectivity index (χ0n) is 26.4. The Morgan fingerprint density at radius 2 is 1.52 bits per heavy atom. The van der Waals surface area contributed by atoms with Crippen LogP contribution in [0.4, 0.5) is 11.4 Å². The molecule has 1 N–H and O–H groups in total. The molecule has 10 heteroatoms. The van der Waals surface area contributed by atoms with E-state index < -0.39 is 0 Å². The van der Waals surface area contributed by atoms with Crippen LogP contribution in [-0.4, -0.2) is 81.3 Å². The Kier molecular flexibility index (Phi) is 13.5. The maximum absolute atomic E-state index is 9.57. The second-order valence-electron chi connectivity index (χ2n) is 11.8. The average molecular weight is 624 g/mol. The van der Waals surface area contributed by atoms with Gasteiger partial charge in [-0.1, -0.05) is 61.4 Å². The van der Waals surface area contributed by atoms with Gasteiger partial charge in [0.15, 0.2) is 12.3 Å². The molecule has 0 amide bonds. The number of para-hydroxylation sites is 2. The van der Waals surface area contributed by atoms with Crippen molar-refractivity contribution in [1.82, 2.24) is 0 Å². The molecule has 0 saturated heterocycles. The summed E-state index contributed by atoms with van der Waals surface area (Å²) in [6.07, 6.45) is 7.40. The Labute approximate surface area is 267 Å². The molecule has 2 aromatic rings. The number of nitrogens with zero attached hydrogens (tertiary/aromatic N) is 5. The molecule has 0 aromatic heterocycles. The van der Waals surface area contributed by atoms with Gasteiger partial charge in [0.05, 0.1) is 45.1 Å². The predicted octanol–water partition coefficient (Wildman–Crippen LogP) is 3.05. The van der Waals surface area contributed by atoms with Crippen LogP contribution in [0.15, 0.2) is 77.6 Å². The highest BCUT2D eigenvalue weighted by Crippen LogP contribution is 2.47. The number of azide groups is 1. The third-order valence-corrected chi connectivity index (χ3v) is 8.25. The number of benzene rings is 2. The molecule has 2 aromatic carbocycles. The quantitative estimate of drug-likeness (QED) is 0.0960. The van der Waals surface area contributed by atoms with Gasteiger partial charge in [0, 0.05) is 65.5 Å². The summed E-state index contributed by atoms with van der Waals surface area (Å²) in [5, 5.41) is 13.0. The number of hydrogen-bond acceptors (Lipinski definition) is 6. The Hall–Kier alpha value is -3.17. The molecule has 2 aliphatic rings. The Morgan fingerprint density at radius 3 is 2.23 bits per heavy atom. The number of allylic oxidation sites excluding steroid dienone is 4. The summed E-state index contributed by atoms with van der Waals surface area (Å²) in [6.45, 7) is 14.1. The van der Waals surface area contributed by atoms with Crippen molar-refractivity contribution in [3.63, 3.8) is 0 Å². The van der Waals surface area contributed by atoms with E-state index in [9.17, 15) is 5.11 Å². The summed E-state index contributed by atoms with van der Waals surface area (Å²) in [6, 6.07) is 17.2. The van der Waals surface area contributed by atoms with Gasteiger partial charge >= 0.3 is 0 Å². The van der Waals surface area contributed by atoms with Crippen molar-refractivity contribution in [3.05, 3.63) is 94.0 Å². The predicted molar refractivity (Wildman–Crippen MR) is 171 cm³/mol. The fourth-order valence-corrected chi connectivity index (χ4v) is 6.07. The molecule has 0 atom stereocenters. The van der Waals surface area contributed by atoms with Gasteiger partial charge < -0.3 is 36.6 Å². The lowest BCUT2D eigenvalue weighted by Crippen LogP contribution is -3.00. The van der Waals surface area contributed by atoms with Crippen molar-refractivity contribution in [2.75, 3.05) is 70.8 Å². The molecule has 238 valence electrons. The third-order valence-electron chi connectivity index (χ3n) is 8.25. The van der Waals surface area contributed by atoms with Crippen LogP contribution >= 0.6 is 0 Å². The maximum atomic E-state index is 9.57. The lowest BCUT2D eigenvalue weighted by Gasteiger charge is -2.27. The number of hydrogen-bond donors (Lipinski definition) is 1. The summed E-state index contributed by atoms with van der Waals surface area (Å²) in [5.41, 5.74) is 15.5. The van der Waals surface area contributed by atoms with Crippen LogP contribution in [0.3, 0.4) is 0 Å². The first-order valence-electron chi connectivity index (χ1n) is 15.2. The van der Waals surface area contributed by atoms with Crippen LogP contribution in [0.1, 0.15) is 45.2 Å². The lowest BCUT2D eigenvalue weighted by molar-refractivity contribution is -0.438. The minimum atomic E-state index is -0.155. The monoisotopic (exact) mass is 623 g/mol. The van der Waals surface area contributed by atoms with Crippen molar-refractivity contribution >= 4 is 17.1 Å². The van der Waals surface area contributed by atoms with E-state index in [1.54, 1.807) is 0 Å². The molecule has 0 spiro atoms. The third kappa shape index (κ3) is 8.10. The maximum Gasteiger partial charge on any atom is 0.209 e. The molecule has 0 unspecified atom stereocenters. The summed E-state index contributed by atoms with van der Waals surface area (Å²) < 4.78 is 19.2. The number of anilines is 1. The average Bonchev–Trinajstić information content (AvgIpc) is 3.35. The van der Waals surface area contributed by atoms with Gasteiger partial charge in [-0.2, -0.15) is 4.58 Å². The van der Waals surface area contributed by atoms with Gasteiger partial charge in [-0.05, 0) is 37.1 Å². The second kappa shape index (κ2) is 16.8. The summed E-state index contributed by atoms with van der Waals surface area (Å²) >= 11 is 0. The molecule has 2 heterocycles. The first-order chi connectivity index (χ1) is 20.8. The summed E-state index contributed by atoms with van der Waals surface area (Å²) in [5.74, 6) is 0. The summed E-state index contributed by atoms with van der Waals surface area (Å²) in [7, 11) is 0. The Morgan fingerprint density at radius 1 is 0.886 bits per heavy atom. The smallest absolute Gasteiger partial charge is 0.209 e. The molecule has 0 bridgehead atoms. The molecule has 0 radical (unpaired) electrons. The number of ether oxygens (including phenoxy) is 3. The van der Waals surface area contributed by atoms with Crippen LogP contribution in [-0.2, 0) is 25.0 Å². The largest absolute Gasteiger partial charge is 1.00 e. The molecule has 0 fully saturated rings. The molecule has 0 saturated carbocycles. The first-order valence-corrected chi connectivity index (χ1v) is 15.2. The number of halogens is 1. The van der Waals surface area contributed by atoms with E-state index in [1.807, 2.05) is 0 Å². The topological polar surface area (TPSA) is 103 Å². The molecular weight excluding hydrogens is 578 g/mol. The highest BCUT2D eigenvalue weighted by molar-refractivity contribution is 6.03.